The van der Waals surface area contributed by atoms with Gasteiger partial charge in [0.1, 0.15) is 6.04 Å². The van der Waals surface area contributed by atoms with E-state index in [1.54, 1.807) is 0 Å². The summed E-state index contributed by atoms with van der Waals surface area (Å²) in [6.45, 7) is 1.49. The first-order valence-corrected chi connectivity index (χ1v) is 7.30. The van der Waals surface area contributed by atoms with Gasteiger partial charge in [-0.1, -0.05) is 17.7 Å². The summed E-state index contributed by atoms with van der Waals surface area (Å²) < 4.78 is 26.2. The molecule has 1 aromatic carbocycles. The predicted octanol–water partition coefficient (Wildman–Crippen LogP) is 0.255. The van der Waals surface area contributed by atoms with Crippen LogP contribution < -0.4 is 10.5 Å². The van der Waals surface area contributed by atoms with E-state index in [9.17, 15) is 18.0 Å². The highest BCUT2D eigenvalue weighted by Crippen LogP contribution is 2.22. The van der Waals surface area contributed by atoms with Crippen LogP contribution in [0.25, 0.3) is 0 Å². The van der Waals surface area contributed by atoms with Crippen molar-refractivity contribution in [2.75, 3.05) is 0 Å². The van der Waals surface area contributed by atoms with E-state index in [0.29, 0.717) is 0 Å². The van der Waals surface area contributed by atoms with E-state index in [1.807, 2.05) is 4.72 Å². The fourth-order valence-electron chi connectivity index (χ4n) is 1.51. The van der Waals surface area contributed by atoms with Crippen molar-refractivity contribution in [1.29, 1.82) is 0 Å². The van der Waals surface area contributed by atoms with Gasteiger partial charge in [0.15, 0.2) is 0 Å². The molecule has 1 atom stereocenters. The molecule has 0 spiro atoms. The molecule has 110 valence electrons. The Kier molecular flexibility index (Phi) is 5.09. The summed E-state index contributed by atoms with van der Waals surface area (Å²) in [7, 11) is -4.13. The first-order valence-electron chi connectivity index (χ1n) is 5.43. The fraction of sp³-hybridized carbons (Fsp3) is 0.273. The van der Waals surface area contributed by atoms with Gasteiger partial charge in [-0.3, -0.25) is 9.59 Å². The molecule has 0 fully saturated rings. The summed E-state index contributed by atoms with van der Waals surface area (Å²) in [6, 6.07) is 2.59. The minimum Gasteiger partial charge on any atom is -0.480 e. The van der Waals surface area contributed by atoms with Crippen LogP contribution >= 0.6 is 11.6 Å². The second kappa shape index (κ2) is 6.21. The van der Waals surface area contributed by atoms with Crippen molar-refractivity contribution in [1.82, 2.24) is 4.72 Å². The molecular formula is C11H13ClN2O5S. The lowest BCUT2D eigenvalue weighted by atomic mass is 10.2. The number of hydrogen-bond donors (Lipinski definition) is 3. The molecule has 0 aromatic heterocycles. The standard InChI is InChI=1S/C11H13ClN2O5S/c1-6-7(12)3-2-4-9(6)20(18,19)14-8(11(16)17)5-10(13)15/h2-4,8,14H,5H2,1H3,(H2,13,15)(H,16,17)/t8-/m1/s1. The maximum atomic E-state index is 12.1. The number of carboxylic acids is 1. The Morgan fingerprint density at radius 2 is 2.05 bits per heavy atom. The predicted molar refractivity (Wildman–Crippen MR) is 71.7 cm³/mol. The van der Waals surface area contributed by atoms with Gasteiger partial charge in [-0.05, 0) is 24.6 Å². The smallest absolute Gasteiger partial charge is 0.322 e. The van der Waals surface area contributed by atoms with Crippen LogP contribution in [0.5, 0.6) is 0 Å². The largest absolute Gasteiger partial charge is 0.480 e. The third kappa shape index (κ3) is 3.92. The second-order valence-electron chi connectivity index (χ2n) is 4.05. The van der Waals surface area contributed by atoms with Crippen molar-refractivity contribution in [2.45, 2.75) is 24.3 Å². The van der Waals surface area contributed by atoms with Gasteiger partial charge in [0.25, 0.3) is 0 Å². The number of carboxylic acid groups (broad SMARTS) is 1. The van der Waals surface area contributed by atoms with E-state index >= 15 is 0 Å². The molecular weight excluding hydrogens is 308 g/mol. The number of sulfonamides is 1. The molecule has 7 nitrogen and oxygen atoms in total. The first kappa shape index (κ1) is 16.4. The molecule has 0 bridgehead atoms. The maximum Gasteiger partial charge on any atom is 0.322 e. The van der Waals surface area contributed by atoms with Crippen LogP contribution in [0.4, 0.5) is 0 Å². The fourth-order valence-corrected chi connectivity index (χ4v) is 3.20. The van der Waals surface area contributed by atoms with Gasteiger partial charge in [-0.15, -0.1) is 0 Å². The number of hydrogen-bond acceptors (Lipinski definition) is 4. The molecule has 20 heavy (non-hydrogen) atoms. The van der Waals surface area contributed by atoms with Gasteiger partial charge in [-0.2, -0.15) is 4.72 Å². The van der Waals surface area contributed by atoms with Crippen molar-refractivity contribution in [2.24, 2.45) is 5.73 Å². The number of amides is 1. The third-order valence-corrected chi connectivity index (χ3v) is 4.53. The third-order valence-electron chi connectivity index (χ3n) is 2.51. The molecule has 1 rings (SSSR count). The summed E-state index contributed by atoms with van der Waals surface area (Å²) in [6.07, 6.45) is -0.645. The molecule has 0 heterocycles. The van der Waals surface area contributed by atoms with Crippen molar-refractivity contribution in [3.63, 3.8) is 0 Å². The summed E-state index contributed by atoms with van der Waals surface area (Å²) in [4.78, 5) is 21.5. The topological polar surface area (TPSA) is 127 Å². The van der Waals surface area contributed by atoms with E-state index in [0.717, 1.165) is 0 Å². The van der Waals surface area contributed by atoms with Crippen LogP contribution in [0.15, 0.2) is 23.1 Å². The van der Waals surface area contributed by atoms with Crippen LogP contribution in [-0.4, -0.2) is 31.4 Å². The molecule has 0 aliphatic carbocycles. The van der Waals surface area contributed by atoms with Crippen LogP contribution in [0.3, 0.4) is 0 Å². The van der Waals surface area contributed by atoms with Gasteiger partial charge in [-0.25, -0.2) is 8.42 Å². The van der Waals surface area contributed by atoms with Gasteiger partial charge in [0.2, 0.25) is 15.9 Å². The Bertz CT molecular complexity index is 644. The van der Waals surface area contributed by atoms with Gasteiger partial charge < -0.3 is 10.8 Å². The highest BCUT2D eigenvalue weighted by molar-refractivity contribution is 7.89. The minimum atomic E-state index is -4.13. The molecule has 0 saturated carbocycles. The highest BCUT2D eigenvalue weighted by atomic mass is 35.5. The number of benzene rings is 1. The average Bonchev–Trinajstić information content (AvgIpc) is 2.30. The summed E-state index contributed by atoms with van der Waals surface area (Å²) >= 11 is 5.82. The van der Waals surface area contributed by atoms with E-state index in [2.05, 4.69) is 0 Å². The lowest BCUT2D eigenvalue weighted by molar-refractivity contribution is -0.140. The molecule has 1 aromatic rings. The summed E-state index contributed by atoms with van der Waals surface area (Å²) in [5.74, 6) is -2.42. The zero-order valence-electron chi connectivity index (χ0n) is 10.5. The quantitative estimate of drug-likeness (QED) is 0.692. The van der Waals surface area contributed by atoms with Crippen LogP contribution in [-0.2, 0) is 19.6 Å². The lowest BCUT2D eigenvalue weighted by Gasteiger charge is -2.15. The van der Waals surface area contributed by atoms with Crippen LogP contribution in [0, 0.1) is 6.92 Å². The summed E-state index contributed by atoms with van der Waals surface area (Å²) in [5.41, 5.74) is 5.17. The molecule has 1 amide bonds. The molecule has 9 heteroatoms. The van der Waals surface area contributed by atoms with Gasteiger partial charge in [0.05, 0.1) is 11.3 Å². The first-order chi connectivity index (χ1) is 9.15. The molecule has 0 aliphatic rings. The van der Waals surface area contributed by atoms with Crippen molar-refractivity contribution in [3.8, 4) is 0 Å². The Labute approximate surface area is 120 Å². The van der Waals surface area contributed by atoms with Gasteiger partial charge >= 0.3 is 5.97 Å². The number of primary amides is 1. The molecule has 0 radical (unpaired) electrons. The number of carbonyl (C=O) groups excluding carboxylic acids is 1. The van der Waals surface area contributed by atoms with E-state index in [4.69, 9.17) is 22.4 Å². The van der Waals surface area contributed by atoms with Crippen LogP contribution in [0.1, 0.15) is 12.0 Å². The SMILES string of the molecule is Cc1c(Cl)cccc1S(=O)(=O)N[C@H](CC(N)=O)C(=O)O. The number of carbonyl (C=O) groups is 2. The van der Waals surface area contributed by atoms with Crippen molar-refractivity contribution in [3.05, 3.63) is 28.8 Å². The Morgan fingerprint density at radius 3 is 2.55 bits per heavy atom. The Balaban J connectivity index is 3.13. The number of nitrogens with two attached hydrogens (primary N) is 1. The minimum absolute atomic E-state index is 0.152. The second-order valence-corrected chi connectivity index (χ2v) is 6.14. The number of rotatable bonds is 6. The molecule has 0 saturated heterocycles. The lowest BCUT2D eigenvalue weighted by Crippen LogP contribution is -2.43. The zero-order chi connectivity index (χ0) is 15.5. The highest BCUT2D eigenvalue weighted by Gasteiger charge is 2.28. The Morgan fingerprint density at radius 1 is 1.45 bits per heavy atom. The molecule has 4 N–H and O–H groups in total. The monoisotopic (exact) mass is 320 g/mol. The van der Waals surface area contributed by atoms with Crippen LogP contribution in [0.2, 0.25) is 5.02 Å². The summed E-state index contributed by atoms with van der Waals surface area (Å²) in [5, 5.41) is 9.13. The molecule has 0 unspecified atom stereocenters. The number of nitrogens with one attached hydrogen (secondary N) is 1. The zero-order valence-corrected chi connectivity index (χ0v) is 12.0. The number of halogens is 1. The van der Waals surface area contributed by atoms with Gasteiger partial charge in [0, 0.05) is 5.02 Å². The van der Waals surface area contributed by atoms with E-state index in [1.165, 1.54) is 25.1 Å². The van der Waals surface area contributed by atoms with E-state index < -0.39 is 34.4 Å². The normalized spacial score (nSPS) is 12.9. The van der Waals surface area contributed by atoms with E-state index in [-0.39, 0.29) is 15.5 Å². The van der Waals surface area contributed by atoms with Crippen molar-refractivity contribution >= 4 is 33.5 Å². The van der Waals surface area contributed by atoms with Crippen molar-refractivity contribution < 1.29 is 23.1 Å². The Hall–Kier alpha value is -1.64. The molecule has 0 aliphatic heterocycles. The maximum absolute atomic E-state index is 12.1. The average molecular weight is 321 g/mol. The number of aliphatic carboxylic acids is 1.